The topological polar surface area (TPSA) is 41.5 Å². The molecule has 2 saturated carbocycles. The highest BCUT2D eigenvalue weighted by Crippen LogP contribution is 2.39. The molecular formula is C18H24N2O. The van der Waals surface area contributed by atoms with Gasteiger partial charge in [-0.25, -0.2) is 5.43 Å². The van der Waals surface area contributed by atoms with Crippen molar-refractivity contribution >= 4 is 11.6 Å². The van der Waals surface area contributed by atoms with Crippen molar-refractivity contribution in [1.82, 2.24) is 5.43 Å². The average Bonchev–Trinajstić information content (AvgIpc) is 2.53. The number of amides is 1. The lowest BCUT2D eigenvalue weighted by Crippen LogP contribution is -2.29. The normalized spacial score (nSPS) is 27.2. The predicted octanol–water partition coefficient (Wildman–Crippen LogP) is 4.07. The summed E-state index contributed by atoms with van der Waals surface area (Å²) in [7, 11) is 0. The maximum Gasteiger partial charge on any atom is 0.271 e. The fourth-order valence-electron chi connectivity index (χ4n) is 3.69. The van der Waals surface area contributed by atoms with Crippen LogP contribution in [0.2, 0.25) is 0 Å². The molecule has 0 bridgehead atoms. The molecule has 0 saturated heterocycles. The maximum atomic E-state index is 12.1. The zero-order chi connectivity index (χ0) is 14.7. The molecule has 1 aromatic carbocycles. The van der Waals surface area contributed by atoms with E-state index in [0.29, 0.717) is 5.56 Å². The van der Waals surface area contributed by atoms with E-state index >= 15 is 0 Å². The lowest BCUT2D eigenvalue weighted by molar-refractivity contribution is 0.0954. The zero-order valence-electron chi connectivity index (χ0n) is 12.8. The summed E-state index contributed by atoms with van der Waals surface area (Å²) in [5, 5.41) is 4.39. The minimum atomic E-state index is -0.103. The third kappa shape index (κ3) is 3.52. The third-order valence-corrected chi connectivity index (χ3v) is 5.00. The summed E-state index contributed by atoms with van der Waals surface area (Å²) >= 11 is 0. The Morgan fingerprint density at radius 3 is 2.57 bits per heavy atom. The van der Waals surface area contributed by atoms with Crippen LogP contribution in [-0.2, 0) is 0 Å². The van der Waals surface area contributed by atoms with Crippen molar-refractivity contribution in [3.63, 3.8) is 0 Å². The first-order chi connectivity index (χ1) is 10.2. The van der Waals surface area contributed by atoms with E-state index in [9.17, 15) is 4.79 Å². The summed E-state index contributed by atoms with van der Waals surface area (Å²) in [4.78, 5) is 12.1. The number of benzene rings is 1. The van der Waals surface area contributed by atoms with Crippen LogP contribution in [0.25, 0.3) is 0 Å². The summed E-state index contributed by atoms with van der Waals surface area (Å²) in [6.07, 6.45) is 8.89. The molecule has 3 rings (SSSR count). The van der Waals surface area contributed by atoms with Crippen LogP contribution in [-0.4, -0.2) is 11.6 Å². The molecule has 2 atom stereocenters. The summed E-state index contributed by atoms with van der Waals surface area (Å²) in [5.74, 6) is 1.61. The van der Waals surface area contributed by atoms with Crippen LogP contribution in [0.1, 0.15) is 60.9 Å². The average molecular weight is 284 g/mol. The molecule has 2 fully saturated rings. The van der Waals surface area contributed by atoms with Gasteiger partial charge >= 0.3 is 0 Å². The molecule has 0 spiro atoms. The van der Waals surface area contributed by atoms with Gasteiger partial charge in [0.05, 0.1) is 0 Å². The summed E-state index contributed by atoms with van der Waals surface area (Å²) < 4.78 is 0. The van der Waals surface area contributed by atoms with Gasteiger partial charge in [-0.3, -0.25) is 4.79 Å². The first-order valence-electron chi connectivity index (χ1n) is 8.15. The van der Waals surface area contributed by atoms with E-state index in [-0.39, 0.29) is 5.91 Å². The molecule has 2 aliphatic carbocycles. The Labute approximate surface area is 126 Å². The first kappa shape index (κ1) is 14.3. The molecule has 1 N–H and O–H groups in total. The smallest absolute Gasteiger partial charge is 0.267 e. The molecule has 0 aromatic heterocycles. The second-order valence-corrected chi connectivity index (χ2v) is 6.53. The second kappa shape index (κ2) is 6.42. The molecule has 0 heterocycles. The minimum Gasteiger partial charge on any atom is -0.267 e. The summed E-state index contributed by atoms with van der Waals surface area (Å²) in [5.41, 5.74) is 5.75. The lowest BCUT2D eigenvalue weighted by Gasteiger charge is -2.35. The Bertz CT molecular complexity index is 533. The fourth-order valence-corrected chi connectivity index (χ4v) is 3.69. The zero-order valence-corrected chi connectivity index (χ0v) is 12.8. The van der Waals surface area contributed by atoms with Gasteiger partial charge < -0.3 is 0 Å². The van der Waals surface area contributed by atoms with Crippen molar-refractivity contribution in [1.29, 1.82) is 0 Å². The van der Waals surface area contributed by atoms with E-state index in [0.717, 1.165) is 30.2 Å². The van der Waals surface area contributed by atoms with Crippen LogP contribution >= 0.6 is 0 Å². The summed E-state index contributed by atoms with van der Waals surface area (Å²) in [6.45, 7) is 2.02. The van der Waals surface area contributed by atoms with Crippen LogP contribution < -0.4 is 5.43 Å². The van der Waals surface area contributed by atoms with Gasteiger partial charge in [-0.05, 0) is 56.6 Å². The van der Waals surface area contributed by atoms with Crippen molar-refractivity contribution in [3.8, 4) is 0 Å². The predicted molar refractivity (Wildman–Crippen MR) is 85.4 cm³/mol. The largest absolute Gasteiger partial charge is 0.271 e. The monoisotopic (exact) mass is 284 g/mol. The number of fused-ring (bicyclic) bond motifs is 1. The van der Waals surface area contributed by atoms with Crippen molar-refractivity contribution in [2.24, 2.45) is 16.9 Å². The van der Waals surface area contributed by atoms with Gasteiger partial charge in [0.25, 0.3) is 5.91 Å². The van der Waals surface area contributed by atoms with Crippen LogP contribution in [0.4, 0.5) is 0 Å². The molecule has 0 radical (unpaired) electrons. The minimum absolute atomic E-state index is 0.103. The number of hydrogen-bond donors (Lipinski definition) is 1. The van der Waals surface area contributed by atoms with Crippen molar-refractivity contribution in [2.45, 2.75) is 51.9 Å². The Hall–Kier alpha value is -1.64. The molecule has 1 aromatic rings. The molecule has 0 unspecified atom stereocenters. The highest BCUT2D eigenvalue weighted by atomic mass is 16.2. The SMILES string of the molecule is Cc1ccc(C(=O)N/N=C2/CC[C@@H]3CCCC[C@@H]3C2)cc1. The number of hydrazone groups is 1. The number of nitrogens with zero attached hydrogens (tertiary/aromatic N) is 1. The Morgan fingerprint density at radius 2 is 1.81 bits per heavy atom. The molecule has 112 valence electrons. The quantitative estimate of drug-likeness (QED) is 0.817. The number of carbonyl (C=O) groups is 1. The van der Waals surface area contributed by atoms with Gasteiger partial charge in [-0.2, -0.15) is 5.10 Å². The summed E-state index contributed by atoms with van der Waals surface area (Å²) in [6, 6.07) is 7.61. The number of aryl methyl sites for hydroxylation is 1. The van der Waals surface area contributed by atoms with E-state index in [2.05, 4.69) is 10.5 Å². The number of nitrogens with one attached hydrogen (secondary N) is 1. The van der Waals surface area contributed by atoms with Crippen LogP contribution in [0.15, 0.2) is 29.4 Å². The van der Waals surface area contributed by atoms with Gasteiger partial charge in [0.2, 0.25) is 0 Å². The molecule has 21 heavy (non-hydrogen) atoms. The standard InChI is InChI=1S/C18H24N2O/c1-13-6-8-15(9-7-13)18(21)20-19-17-11-10-14-4-2-3-5-16(14)12-17/h6-9,14,16H,2-5,10-12H2,1H3,(H,20,21)/b19-17-/t14-,16+/m0/s1. The van der Waals surface area contributed by atoms with E-state index in [4.69, 9.17) is 0 Å². The molecule has 3 nitrogen and oxygen atoms in total. The number of carbonyl (C=O) groups excluding carboxylic acids is 1. The molecule has 1 amide bonds. The van der Waals surface area contributed by atoms with Crippen molar-refractivity contribution in [2.75, 3.05) is 0 Å². The van der Waals surface area contributed by atoms with Gasteiger partial charge in [0, 0.05) is 11.3 Å². The lowest BCUT2D eigenvalue weighted by atomic mass is 9.70. The van der Waals surface area contributed by atoms with Crippen LogP contribution in [0.3, 0.4) is 0 Å². The Morgan fingerprint density at radius 1 is 1.10 bits per heavy atom. The first-order valence-corrected chi connectivity index (χ1v) is 8.15. The Balaban J connectivity index is 1.58. The van der Waals surface area contributed by atoms with Crippen LogP contribution in [0.5, 0.6) is 0 Å². The van der Waals surface area contributed by atoms with Gasteiger partial charge in [0.1, 0.15) is 0 Å². The maximum absolute atomic E-state index is 12.1. The van der Waals surface area contributed by atoms with E-state index in [1.54, 1.807) is 0 Å². The van der Waals surface area contributed by atoms with Gasteiger partial charge in [-0.1, -0.05) is 37.0 Å². The second-order valence-electron chi connectivity index (χ2n) is 6.53. The van der Waals surface area contributed by atoms with E-state index < -0.39 is 0 Å². The van der Waals surface area contributed by atoms with Crippen LogP contribution in [0, 0.1) is 18.8 Å². The molecule has 2 aliphatic rings. The van der Waals surface area contributed by atoms with E-state index in [1.165, 1.54) is 37.8 Å². The van der Waals surface area contributed by atoms with E-state index in [1.807, 2.05) is 31.2 Å². The fraction of sp³-hybridized carbons (Fsp3) is 0.556. The number of hydrogen-bond acceptors (Lipinski definition) is 2. The van der Waals surface area contributed by atoms with Gasteiger partial charge in [-0.15, -0.1) is 0 Å². The highest BCUT2D eigenvalue weighted by molar-refractivity contribution is 5.95. The molecule has 0 aliphatic heterocycles. The van der Waals surface area contributed by atoms with Crippen molar-refractivity contribution in [3.05, 3.63) is 35.4 Å². The number of rotatable bonds is 2. The Kier molecular flexibility index (Phi) is 4.37. The third-order valence-electron chi connectivity index (χ3n) is 5.00. The molecular weight excluding hydrogens is 260 g/mol. The van der Waals surface area contributed by atoms with Crippen molar-refractivity contribution < 1.29 is 4.79 Å². The van der Waals surface area contributed by atoms with Gasteiger partial charge in [0.15, 0.2) is 0 Å². The molecule has 3 heteroatoms. The highest BCUT2D eigenvalue weighted by Gasteiger charge is 2.30.